The van der Waals surface area contributed by atoms with E-state index < -0.39 is 10.8 Å². The number of rotatable bonds is 3. The maximum absolute atomic E-state index is 12.5. The van der Waals surface area contributed by atoms with Crippen molar-refractivity contribution in [1.29, 1.82) is 0 Å². The molecule has 2 fully saturated rings. The summed E-state index contributed by atoms with van der Waals surface area (Å²) < 4.78 is 12.5. The van der Waals surface area contributed by atoms with E-state index in [0.717, 1.165) is 12.2 Å². The predicted molar refractivity (Wildman–Crippen MR) is 74.4 cm³/mol. The van der Waals surface area contributed by atoms with Gasteiger partial charge in [0.2, 0.25) is 0 Å². The average Bonchev–Trinajstić information content (AvgIpc) is 2.74. The highest BCUT2D eigenvalue weighted by molar-refractivity contribution is 7.85. The van der Waals surface area contributed by atoms with Gasteiger partial charge in [-0.3, -0.25) is 4.21 Å². The fourth-order valence-electron chi connectivity index (χ4n) is 3.44. The summed E-state index contributed by atoms with van der Waals surface area (Å²) in [6.07, 6.45) is 8.71. The molecule has 0 aromatic carbocycles. The van der Waals surface area contributed by atoms with Crippen LogP contribution in [0.2, 0.25) is 0 Å². The third-order valence-electron chi connectivity index (χ3n) is 4.83. The molecule has 2 nitrogen and oxygen atoms in total. The van der Waals surface area contributed by atoms with Crippen LogP contribution in [0.4, 0.5) is 0 Å². The Bertz CT molecular complexity index is 284. The van der Waals surface area contributed by atoms with Gasteiger partial charge in [-0.1, -0.05) is 33.1 Å². The second-order valence-corrected chi connectivity index (χ2v) is 8.34. The minimum Gasteiger partial charge on any atom is -0.326 e. The van der Waals surface area contributed by atoms with Crippen molar-refractivity contribution < 1.29 is 4.21 Å². The second-order valence-electron chi connectivity index (χ2n) is 6.64. The van der Waals surface area contributed by atoms with Crippen LogP contribution in [0.5, 0.6) is 0 Å². The van der Waals surface area contributed by atoms with E-state index in [4.69, 9.17) is 5.73 Å². The van der Waals surface area contributed by atoms with Crippen molar-refractivity contribution in [2.24, 2.45) is 17.1 Å². The van der Waals surface area contributed by atoms with Gasteiger partial charge in [0.15, 0.2) is 0 Å². The van der Waals surface area contributed by atoms with Gasteiger partial charge in [0.1, 0.15) is 0 Å². The molecule has 0 aliphatic heterocycles. The van der Waals surface area contributed by atoms with Crippen molar-refractivity contribution in [3.05, 3.63) is 0 Å². The summed E-state index contributed by atoms with van der Waals surface area (Å²) in [6.45, 7) is 4.47. The zero-order valence-corrected chi connectivity index (χ0v) is 12.1. The highest BCUT2D eigenvalue weighted by atomic mass is 32.2. The molecule has 2 aliphatic rings. The zero-order valence-electron chi connectivity index (χ0n) is 11.3. The van der Waals surface area contributed by atoms with Gasteiger partial charge in [0, 0.05) is 22.6 Å². The quantitative estimate of drug-likeness (QED) is 0.845. The van der Waals surface area contributed by atoms with E-state index in [1.54, 1.807) is 0 Å². The molecule has 0 heterocycles. The lowest BCUT2D eigenvalue weighted by Crippen LogP contribution is -2.51. The van der Waals surface area contributed by atoms with Crippen LogP contribution in [-0.2, 0) is 10.8 Å². The van der Waals surface area contributed by atoms with Crippen molar-refractivity contribution in [3.63, 3.8) is 0 Å². The fourth-order valence-corrected chi connectivity index (χ4v) is 5.61. The summed E-state index contributed by atoms with van der Waals surface area (Å²) >= 11 is 0. The first-order chi connectivity index (χ1) is 8.00. The Hall–Kier alpha value is 0.110. The molecule has 0 aromatic rings. The lowest BCUT2D eigenvalue weighted by atomic mass is 9.73. The smallest absolute Gasteiger partial charge is 0.0504 e. The molecule has 0 spiro atoms. The van der Waals surface area contributed by atoms with Crippen LogP contribution in [-0.4, -0.2) is 21.3 Å². The molecule has 17 heavy (non-hydrogen) atoms. The maximum Gasteiger partial charge on any atom is 0.0504 e. The number of hydrogen-bond acceptors (Lipinski definition) is 2. The Labute approximate surface area is 108 Å². The summed E-state index contributed by atoms with van der Waals surface area (Å²) in [4.78, 5) is 0. The van der Waals surface area contributed by atoms with Gasteiger partial charge in [0.25, 0.3) is 0 Å². The van der Waals surface area contributed by atoms with Crippen molar-refractivity contribution in [2.75, 3.05) is 5.75 Å². The molecule has 0 amide bonds. The standard InChI is InChI=1S/C14H27NOS/c1-14(2)9-5-8-12(13(14)15)17(16)10-11-6-3-4-7-11/h11-13H,3-10,15H2,1-2H3. The lowest BCUT2D eigenvalue weighted by Gasteiger charge is -2.41. The summed E-state index contributed by atoms with van der Waals surface area (Å²) in [5.74, 6) is 1.63. The van der Waals surface area contributed by atoms with Gasteiger partial charge in [-0.15, -0.1) is 0 Å². The highest BCUT2D eigenvalue weighted by Gasteiger charge is 2.39. The van der Waals surface area contributed by atoms with Crippen LogP contribution >= 0.6 is 0 Å². The molecular formula is C14H27NOS. The van der Waals surface area contributed by atoms with Crippen LogP contribution in [0.25, 0.3) is 0 Å². The first kappa shape index (κ1) is 13.5. The molecule has 100 valence electrons. The van der Waals surface area contributed by atoms with E-state index in [1.165, 1.54) is 38.5 Å². The van der Waals surface area contributed by atoms with E-state index in [0.29, 0.717) is 5.92 Å². The first-order valence-electron chi connectivity index (χ1n) is 7.13. The SMILES string of the molecule is CC1(C)CCCC(S(=O)CC2CCCC2)C1N. The Kier molecular flexibility index (Phi) is 4.30. The number of nitrogens with two attached hydrogens (primary N) is 1. The van der Waals surface area contributed by atoms with E-state index in [1.807, 2.05) is 0 Å². The molecule has 0 bridgehead atoms. The lowest BCUT2D eigenvalue weighted by molar-refractivity contribution is 0.206. The predicted octanol–water partition coefficient (Wildman–Crippen LogP) is 2.83. The molecule has 3 heteroatoms. The summed E-state index contributed by atoms with van der Waals surface area (Å²) in [5, 5.41) is 0.249. The van der Waals surface area contributed by atoms with Gasteiger partial charge in [-0.2, -0.15) is 0 Å². The van der Waals surface area contributed by atoms with Crippen molar-refractivity contribution in [3.8, 4) is 0 Å². The van der Waals surface area contributed by atoms with Gasteiger partial charge < -0.3 is 5.73 Å². The van der Waals surface area contributed by atoms with Gasteiger partial charge >= 0.3 is 0 Å². The summed E-state index contributed by atoms with van der Waals surface area (Å²) in [7, 11) is -0.698. The molecule has 0 radical (unpaired) electrons. The molecule has 2 saturated carbocycles. The van der Waals surface area contributed by atoms with Gasteiger partial charge in [-0.25, -0.2) is 0 Å². The largest absolute Gasteiger partial charge is 0.326 e. The number of hydrogen-bond donors (Lipinski definition) is 1. The third-order valence-corrected chi connectivity index (χ3v) is 6.83. The van der Waals surface area contributed by atoms with Gasteiger partial charge in [0.05, 0.1) is 5.25 Å². The van der Waals surface area contributed by atoms with E-state index in [2.05, 4.69) is 13.8 Å². The Morgan fingerprint density at radius 3 is 2.47 bits per heavy atom. The second kappa shape index (κ2) is 5.40. The maximum atomic E-state index is 12.5. The molecule has 2 rings (SSSR count). The topological polar surface area (TPSA) is 43.1 Å². The van der Waals surface area contributed by atoms with Crippen molar-refractivity contribution in [2.45, 2.75) is 70.1 Å². The van der Waals surface area contributed by atoms with E-state index in [9.17, 15) is 4.21 Å². The van der Waals surface area contributed by atoms with E-state index >= 15 is 0 Å². The van der Waals surface area contributed by atoms with Crippen LogP contribution < -0.4 is 5.73 Å². The monoisotopic (exact) mass is 257 g/mol. The average molecular weight is 257 g/mol. The normalized spacial score (nSPS) is 35.9. The van der Waals surface area contributed by atoms with Crippen LogP contribution in [0.15, 0.2) is 0 Å². The molecule has 2 N–H and O–H groups in total. The van der Waals surface area contributed by atoms with Gasteiger partial charge in [-0.05, 0) is 37.0 Å². The highest BCUT2D eigenvalue weighted by Crippen LogP contribution is 2.37. The van der Waals surface area contributed by atoms with Crippen molar-refractivity contribution in [1.82, 2.24) is 0 Å². The summed E-state index contributed by atoms with van der Waals surface area (Å²) in [5.41, 5.74) is 6.51. The first-order valence-corrected chi connectivity index (χ1v) is 8.52. The minimum atomic E-state index is -0.698. The Morgan fingerprint density at radius 2 is 1.82 bits per heavy atom. The molecular weight excluding hydrogens is 230 g/mol. The minimum absolute atomic E-state index is 0.124. The Balaban J connectivity index is 1.93. The van der Waals surface area contributed by atoms with Crippen LogP contribution in [0, 0.1) is 11.3 Å². The molecule has 2 aliphatic carbocycles. The molecule has 0 saturated heterocycles. The van der Waals surface area contributed by atoms with Crippen LogP contribution in [0.3, 0.4) is 0 Å². The van der Waals surface area contributed by atoms with E-state index in [-0.39, 0.29) is 16.7 Å². The van der Waals surface area contributed by atoms with Crippen molar-refractivity contribution >= 4 is 10.8 Å². The molecule has 0 aromatic heterocycles. The fraction of sp³-hybridized carbons (Fsp3) is 1.00. The Morgan fingerprint density at radius 1 is 1.18 bits per heavy atom. The van der Waals surface area contributed by atoms with Crippen LogP contribution in [0.1, 0.15) is 58.8 Å². The summed E-state index contributed by atoms with van der Waals surface area (Å²) in [6, 6.07) is 0.124. The molecule has 3 atom stereocenters. The third kappa shape index (κ3) is 3.11. The zero-order chi connectivity index (χ0) is 12.5. The molecule has 3 unspecified atom stereocenters.